The third-order valence-corrected chi connectivity index (χ3v) is 1.80. The molecule has 0 aliphatic carbocycles. The van der Waals surface area contributed by atoms with Crippen LogP contribution in [0.2, 0.25) is 0 Å². The summed E-state index contributed by atoms with van der Waals surface area (Å²) in [6, 6.07) is 3.01. The second kappa shape index (κ2) is 4.50. The van der Waals surface area contributed by atoms with Crippen LogP contribution in [0, 0.1) is 15.9 Å². The number of halogens is 1. The van der Waals surface area contributed by atoms with Crippen LogP contribution in [0.1, 0.15) is 5.56 Å². The number of benzene rings is 1. The summed E-state index contributed by atoms with van der Waals surface area (Å²) in [6.07, 6.45) is -0.315. The Hall–Kier alpha value is -1.98. The van der Waals surface area contributed by atoms with Crippen LogP contribution in [0.5, 0.6) is 0 Å². The third kappa shape index (κ3) is 2.73. The molecule has 1 aromatic carbocycles. The Morgan fingerprint density at radius 2 is 2.27 bits per heavy atom. The van der Waals surface area contributed by atoms with Crippen LogP contribution >= 0.6 is 0 Å². The molecule has 0 saturated carbocycles. The lowest BCUT2D eigenvalue weighted by Crippen LogP contribution is -2.06. The highest BCUT2D eigenvalue weighted by Crippen LogP contribution is 2.17. The van der Waals surface area contributed by atoms with Crippen molar-refractivity contribution in [1.29, 1.82) is 0 Å². The van der Waals surface area contributed by atoms with Gasteiger partial charge in [-0.3, -0.25) is 14.9 Å². The Balaban J connectivity index is 3.00. The van der Waals surface area contributed by atoms with E-state index in [-0.39, 0.29) is 17.7 Å². The van der Waals surface area contributed by atoms with Gasteiger partial charge in [-0.25, -0.2) is 4.39 Å². The molecule has 0 N–H and O–H groups in total. The largest absolute Gasteiger partial charge is 0.469 e. The molecule has 0 aromatic heterocycles. The van der Waals surface area contributed by atoms with E-state index in [1.165, 1.54) is 0 Å². The second-order valence-corrected chi connectivity index (χ2v) is 2.79. The maximum atomic E-state index is 13.1. The summed E-state index contributed by atoms with van der Waals surface area (Å²) in [7, 11) is 1.16. The highest BCUT2D eigenvalue weighted by molar-refractivity contribution is 5.72. The number of non-ortho nitro benzene ring substituents is 1. The van der Waals surface area contributed by atoms with Gasteiger partial charge in [0.15, 0.2) is 0 Å². The molecule has 0 unspecified atom stereocenters. The zero-order chi connectivity index (χ0) is 11.4. The van der Waals surface area contributed by atoms with Crippen molar-refractivity contribution in [3.05, 3.63) is 39.7 Å². The van der Waals surface area contributed by atoms with Gasteiger partial charge in [0.1, 0.15) is 5.82 Å². The smallest absolute Gasteiger partial charge is 0.310 e. The first kappa shape index (κ1) is 11.1. The standard InChI is InChI=1S/C9H8FNO4/c1-15-9(12)5-6-4-7(11(13)14)2-3-8(6)10/h2-4H,5H2,1H3. The van der Waals surface area contributed by atoms with Gasteiger partial charge < -0.3 is 4.74 Å². The van der Waals surface area contributed by atoms with Crippen LogP contribution < -0.4 is 0 Å². The van der Waals surface area contributed by atoms with Gasteiger partial charge in [-0.15, -0.1) is 0 Å². The van der Waals surface area contributed by atoms with E-state index in [4.69, 9.17) is 0 Å². The van der Waals surface area contributed by atoms with E-state index in [1.54, 1.807) is 0 Å². The molecule has 15 heavy (non-hydrogen) atoms. The molecule has 5 nitrogen and oxygen atoms in total. The van der Waals surface area contributed by atoms with Crippen molar-refractivity contribution in [3.63, 3.8) is 0 Å². The molecular formula is C9H8FNO4. The SMILES string of the molecule is COC(=O)Cc1cc([N+](=O)[O-])ccc1F. The van der Waals surface area contributed by atoms with E-state index in [0.29, 0.717) is 0 Å². The van der Waals surface area contributed by atoms with Gasteiger partial charge in [0, 0.05) is 17.7 Å². The van der Waals surface area contributed by atoms with E-state index < -0.39 is 16.7 Å². The lowest BCUT2D eigenvalue weighted by molar-refractivity contribution is -0.385. The average molecular weight is 213 g/mol. The number of nitro benzene ring substituents is 1. The molecule has 0 amide bonds. The molecule has 0 radical (unpaired) electrons. The Bertz CT molecular complexity index is 405. The number of hydrogen-bond donors (Lipinski definition) is 0. The minimum absolute atomic E-state index is 0.0453. The van der Waals surface area contributed by atoms with Gasteiger partial charge in [0.2, 0.25) is 0 Å². The zero-order valence-electron chi connectivity index (χ0n) is 7.90. The normalized spacial score (nSPS) is 9.73. The highest BCUT2D eigenvalue weighted by atomic mass is 19.1. The summed E-state index contributed by atoms with van der Waals surface area (Å²) in [4.78, 5) is 20.6. The highest BCUT2D eigenvalue weighted by Gasteiger charge is 2.13. The summed E-state index contributed by atoms with van der Waals surface area (Å²) in [5, 5.41) is 10.4. The molecule has 0 heterocycles. The van der Waals surface area contributed by atoms with E-state index in [0.717, 1.165) is 25.3 Å². The van der Waals surface area contributed by atoms with Crippen molar-refractivity contribution in [2.45, 2.75) is 6.42 Å². The number of hydrogen-bond acceptors (Lipinski definition) is 4. The minimum Gasteiger partial charge on any atom is -0.469 e. The predicted molar refractivity (Wildman–Crippen MR) is 48.8 cm³/mol. The Morgan fingerprint density at radius 1 is 1.60 bits per heavy atom. The number of methoxy groups -OCH3 is 1. The van der Waals surface area contributed by atoms with Crippen molar-refractivity contribution in [2.24, 2.45) is 0 Å². The van der Waals surface area contributed by atoms with Crippen molar-refractivity contribution in [3.8, 4) is 0 Å². The van der Waals surface area contributed by atoms with Gasteiger partial charge in [0.05, 0.1) is 18.5 Å². The molecule has 1 rings (SSSR count). The molecular weight excluding hydrogens is 205 g/mol. The topological polar surface area (TPSA) is 69.4 Å². The van der Waals surface area contributed by atoms with Crippen LogP contribution in [-0.4, -0.2) is 18.0 Å². The average Bonchev–Trinajstić information content (AvgIpc) is 2.20. The fourth-order valence-electron chi connectivity index (χ4n) is 1.04. The van der Waals surface area contributed by atoms with Gasteiger partial charge in [-0.2, -0.15) is 0 Å². The molecule has 0 bridgehead atoms. The fraction of sp³-hybridized carbons (Fsp3) is 0.222. The minimum atomic E-state index is -0.661. The number of nitro groups is 1. The first-order valence-electron chi connectivity index (χ1n) is 4.04. The lowest BCUT2D eigenvalue weighted by atomic mass is 10.1. The monoisotopic (exact) mass is 213 g/mol. The molecule has 80 valence electrons. The number of nitrogens with zero attached hydrogens (tertiary/aromatic N) is 1. The first-order valence-corrected chi connectivity index (χ1v) is 4.04. The summed E-state index contributed by atoms with van der Waals surface area (Å²) >= 11 is 0. The summed E-state index contributed by atoms with van der Waals surface area (Å²) in [6.45, 7) is 0. The number of carbonyl (C=O) groups excluding carboxylic acids is 1. The van der Waals surface area contributed by atoms with Crippen LogP contribution in [0.4, 0.5) is 10.1 Å². The summed E-state index contributed by atoms with van der Waals surface area (Å²) in [5.74, 6) is -1.31. The van der Waals surface area contributed by atoms with E-state index in [2.05, 4.69) is 4.74 Å². The quantitative estimate of drug-likeness (QED) is 0.433. The maximum Gasteiger partial charge on any atom is 0.310 e. The lowest BCUT2D eigenvalue weighted by Gasteiger charge is -2.01. The van der Waals surface area contributed by atoms with Crippen LogP contribution in [0.15, 0.2) is 18.2 Å². The molecule has 0 saturated heterocycles. The van der Waals surface area contributed by atoms with E-state index in [1.807, 2.05) is 0 Å². The Morgan fingerprint density at radius 3 is 2.80 bits per heavy atom. The third-order valence-electron chi connectivity index (χ3n) is 1.80. The molecule has 0 aliphatic rings. The van der Waals surface area contributed by atoms with Crippen LogP contribution in [0.3, 0.4) is 0 Å². The summed E-state index contributed by atoms with van der Waals surface area (Å²) in [5.41, 5.74) is -0.300. The number of ether oxygens (including phenoxy) is 1. The van der Waals surface area contributed by atoms with Gasteiger partial charge in [-0.05, 0) is 6.07 Å². The van der Waals surface area contributed by atoms with Gasteiger partial charge in [0.25, 0.3) is 5.69 Å². The first-order chi connectivity index (χ1) is 7.04. The van der Waals surface area contributed by atoms with Crippen molar-refractivity contribution in [2.75, 3.05) is 7.11 Å². The fourth-order valence-corrected chi connectivity index (χ4v) is 1.04. The molecule has 0 fully saturated rings. The van der Waals surface area contributed by atoms with E-state index >= 15 is 0 Å². The van der Waals surface area contributed by atoms with Crippen molar-refractivity contribution >= 4 is 11.7 Å². The number of rotatable bonds is 3. The maximum absolute atomic E-state index is 13.1. The second-order valence-electron chi connectivity index (χ2n) is 2.79. The summed E-state index contributed by atoms with van der Waals surface area (Å²) < 4.78 is 17.4. The van der Waals surface area contributed by atoms with Crippen molar-refractivity contribution in [1.82, 2.24) is 0 Å². The molecule has 0 spiro atoms. The van der Waals surface area contributed by atoms with Crippen LogP contribution in [0.25, 0.3) is 0 Å². The molecule has 0 aliphatic heterocycles. The van der Waals surface area contributed by atoms with E-state index in [9.17, 15) is 19.3 Å². The molecule has 6 heteroatoms. The zero-order valence-corrected chi connectivity index (χ0v) is 7.90. The van der Waals surface area contributed by atoms with Gasteiger partial charge >= 0.3 is 5.97 Å². The Kier molecular flexibility index (Phi) is 3.33. The van der Waals surface area contributed by atoms with Crippen LogP contribution in [-0.2, 0) is 16.0 Å². The number of carbonyl (C=O) groups is 1. The van der Waals surface area contributed by atoms with Crippen molar-refractivity contribution < 1.29 is 18.8 Å². The Labute approximate surface area is 84.6 Å². The number of esters is 1. The van der Waals surface area contributed by atoms with Gasteiger partial charge in [-0.1, -0.05) is 0 Å². The molecule has 1 aromatic rings. The molecule has 0 atom stereocenters. The predicted octanol–water partition coefficient (Wildman–Crippen LogP) is 1.45.